The lowest BCUT2D eigenvalue weighted by Crippen LogP contribution is -2.25. The van der Waals surface area contributed by atoms with E-state index in [1.807, 2.05) is 24.3 Å². The lowest BCUT2D eigenvalue weighted by Gasteiger charge is -2.12. The van der Waals surface area contributed by atoms with Crippen molar-refractivity contribution < 1.29 is 14.3 Å². The molecular weight excluding hydrogens is 326 g/mol. The molecule has 1 atom stereocenters. The zero-order valence-electron chi connectivity index (χ0n) is 13.1. The molecule has 0 bridgehead atoms. The molecule has 122 valence electrons. The molecule has 1 heterocycles. The Morgan fingerprint density at radius 2 is 1.83 bits per heavy atom. The summed E-state index contributed by atoms with van der Waals surface area (Å²) in [4.78, 5) is 27.7. The van der Waals surface area contributed by atoms with Crippen LogP contribution in [0.4, 0.5) is 0 Å². The summed E-state index contributed by atoms with van der Waals surface area (Å²) in [5.41, 5.74) is 2.06. The Morgan fingerprint density at radius 1 is 1.12 bits per heavy atom. The van der Waals surface area contributed by atoms with Crippen molar-refractivity contribution in [3.05, 3.63) is 70.9 Å². The number of hydrogen-bond donors (Lipinski definition) is 1. The number of carbonyl (C=O) groups is 2. The molecule has 0 spiro atoms. The number of hydrogen-bond acceptors (Lipinski definition) is 3. The van der Waals surface area contributed by atoms with Crippen molar-refractivity contribution in [2.45, 2.75) is 19.4 Å². The van der Waals surface area contributed by atoms with Crippen molar-refractivity contribution in [2.75, 3.05) is 0 Å². The number of esters is 1. The van der Waals surface area contributed by atoms with Gasteiger partial charge >= 0.3 is 5.97 Å². The SMILES string of the molecule is C[C@@H](OC(=O)Cc1ccccc1Cl)C(=O)c1c[nH]c2ccccc12. The van der Waals surface area contributed by atoms with E-state index in [9.17, 15) is 9.59 Å². The number of para-hydroxylation sites is 1. The van der Waals surface area contributed by atoms with E-state index in [2.05, 4.69) is 4.98 Å². The van der Waals surface area contributed by atoms with Crippen molar-refractivity contribution >= 4 is 34.3 Å². The van der Waals surface area contributed by atoms with Crippen LogP contribution in [0.5, 0.6) is 0 Å². The summed E-state index contributed by atoms with van der Waals surface area (Å²) in [5, 5.41) is 1.32. The smallest absolute Gasteiger partial charge is 0.311 e. The first kappa shape index (κ1) is 16.3. The van der Waals surface area contributed by atoms with Gasteiger partial charge in [0.1, 0.15) is 0 Å². The van der Waals surface area contributed by atoms with Crippen LogP contribution in [0.25, 0.3) is 10.9 Å². The van der Waals surface area contributed by atoms with Crippen LogP contribution in [0.2, 0.25) is 5.02 Å². The van der Waals surface area contributed by atoms with Crippen LogP contribution in [-0.4, -0.2) is 22.8 Å². The maximum atomic E-state index is 12.6. The predicted octanol–water partition coefficient (Wildman–Crippen LogP) is 4.18. The zero-order valence-corrected chi connectivity index (χ0v) is 13.8. The van der Waals surface area contributed by atoms with E-state index in [4.69, 9.17) is 16.3 Å². The number of halogens is 1. The molecule has 0 radical (unpaired) electrons. The number of rotatable bonds is 5. The molecule has 0 saturated carbocycles. The van der Waals surface area contributed by atoms with E-state index in [0.717, 1.165) is 10.9 Å². The minimum Gasteiger partial charge on any atom is -0.454 e. The Hall–Kier alpha value is -2.59. The highest BCUT2D eigenvalue weighted by molar-refractivity contribution is 6.31. The van der Waals surface area contributed by atoms with Crippen LogP contribution < -0.4 is 0 Å². The third-order valence-electron chi connectivity index (χ3n) is 3.82. The first-order valence-electron chi connectivity index (χ1n) is 7.59. The Bertz CT molecular complexity index is 900. The highest BCUT2D eigenvalue weighted by Crippen LogP contribution is 2.20. The molecule has 3 aromatic rings. The lowest BCUT2D eigenvalue weighted by atomic mass is 10.1. The molecule has 0 amide bonds. The van der Waals surface area contributed by atoms with Gasteiger partial charge in [0.2, 0.25) is 5.78 Å². The molecule has 5 heteroatoms. The van der Waals surface area contributed by atoms with E-state index >= 15 is 0 Å². The van der Waals surface area contributed by atoms with Gasteiger partial charge in [0.15, 0.2) is 6.10 Å². The highest BCUT2D eigenvalue weighted by atomic mass is 35.5. The van der Waals surface area contributed by atoms with E-state index in [-0.39, 0.29) is 12.2 Å². The van der Waals surface area contributed by atoms with Gasteiger partial charge in [0, 0.05) is 27.7 Å². The molecule has 0 aliphatic heterocycles. The molecule has 0 fully saturated rings. The van der Waals surface area contributed by atoms with Gasteiger partial charge in [-0.25, -0.2) is 0 Å². The molecule has 1 aromatic heterocycles. The van der Waals surface area contributed by atoms with Gasteiger partial charge in [-0.15, -0.1) is 0 Å². The third-order valence-corrected chi connectivity index (χ3v) is 4.19. The van der Waals surface area contributed by atoms with Gasteiger partial charge in [-0.3, -0.25) is 9.59 Å². The second-order valence-electron chi connectivity index (χ2n) is 5.51. The number of nitrogens with one attached hydrogen (secondary N) is 1. The molecule has 2 aromatic carbocycles. The van der Waals surface area contributed by atoms with Crippen molar-refractivity contribution in [1.29, 1.82) is 0 Å². The summed E-state index contributed by atoms with van der Waals surface area (Å²) >= 11 is 6.04. The molecule has 0 aliphatic carbocycles. The summed E-state index contributed by atoms with van der Waals surface area (Å²) in [6, 6.07) is 14.6. The quantitative estimate of drug-likeness (QED) is 0.559. The molecule has 1 N–H and O–H groups in total. The number of aromatic amines is 1. The van der Waals surface area contributed by atoms with Gasteiger partial charge in [0.25, 0.3) is 0 Å². The minimum absolute atomic E-state index is 0.0329. The van der Waals surface area contributed by atoms with Crippen molar-refractivity contribution in [3.63, 3.8) is 0 Å². The summed E-state index contributed by atoms with van der Waals surface area (Å²) in [6.07, 6.45) is 0.815. The predicted molar refractivity (Wildman–Crippen MR) is 93.3 cm³/mol. The topological polar surface area (TPSA) is 59.2 Å². The van der Waals surface area contributed by atoms with E-state index in [1.54, 1.807) is 37.4 Å². The normalized spacial score (nSPS) is 12.1. The lowest BCUT2D eigenvalue weighted by molar-refractivity contribution is -0.145. The first-order chi connectivity index (χ1) is 11.6. The third kappa shape index (κ3) is 3.34. The Morgan fingerprint density at radius 3 is 2.62 bits per heavy atom. The van der Waals surface area contributed by atoms with E-state index < -0.39 is 12.1 Å². The van der Waals surface area contributed by atoms with Crippen LogP contribution in [0.3, 0.4) is 0 Å². The maximum Gasteiger partial charge on any atom is 0.311 e. The number of aromatic nitrogens is 1. The van der Waals surface area contributed by atoms with Gasteiger partial charge in [0.05, 0.1) is 6.42 Å². The zero-order chi connectivity index (χ0) is 17.1. The minimum atomic E-state index is -0.862. The number of Topliss-reactive ketones (excluding diaryl/α,β-unsaturated/α-hetero) is 1. The number of benzene rings is 2. The van der Waals surface area contributed by atoms with Gasteiger partial charge in [-0.05, 0) is 24.6 Å². The van der Waals surface area contributed by atoms with Gasteiger partial charge in [-0.2, -0.15) is 0 Å². The fourth-order valence-corrected chi connectivity index (χ4v) is 2.79. The monoisotopic (exact) mass is 341 g/mol. The molecule has 24 heavy (non-hydrogen) atoms. The van der Waals surface area contributed by atoms with E-state index in [0.29, 0.717) is 16.1 Å². The van der Waals surface area contributed by atoms with Crippen molar-refractivity contribution in [1.82, 2.24) is 4.98 Å². The van der Waals surface area contributed by atoms with E-state index in [1.165, 1.54) is 0 Å². The van der Waals surface area contributed by atoms with Crippen molar-refractivity contribution in [2.24, 2.45) is 0 Å². The Labute approximate surface area is 144 Å². The highest BCUT2D eigenvalue weighted by Gasteiger charge is 2.22. The van der Waals surface area contributed by atoms with Crippen LogP contribution >= 0.6 is 11.6 Å². The molecule has 3 rings (SSSR count). The summed E-state index contributed by atoms with van der Waals surface area (Å²) in [7, 11) is 0. The van der Waals surface area contributed by atoms with Crippen LogP contribution in [-0.2, 0) is 16.0 Å². The van der Waals surface area contributed by atoms with Gasteiger partial charge < -0.3 is 9.72 Å². The largest absolute Gasteiger partial charge is 0.454 e. The first-order valence-corrected chi connectivity index (χ1v) is 7.97. The maximum absolute atomic E-state index is 12.6. The summed E-state index contributed by atoms with van der Waals surface area (Å²) in [6.45, 7) is 1.58. The van der Waals surface area contributed by atoms with Crippen LogP contribution in [0.1, 0.15) is 22.8 Å². The average Bonchev–Trinajstić information content (AvgIpc) is 3.00. The fraction of sp³-hybridized carbons (Fsp3) is 0.158. The number of ether oxygens (including phenoxy) is 1. The number of carbonyl (C=O) groups excluding carboxylic acids is 2. The number of fused-ring (bicyclic) bond motifs is 1. The molecule has 0 unspecified atom stereocenters. The standard InChI is InChI=1S/C19H16ClNO3/c1-12(24-18(22)10-13-6-2-4-8-16(13)20)19(23)15-11-21-17-9-5-3-7-14(15)17/h2-9,11-12,21H,10H2,1H3/t12-/m1/s1. The van der Waals surface area contributed by atoms with Gasteiger partial charge in [-0.1, -0.05) is 48.0 Å². The average molecular weight is 342 g/mol. The Balaban J connectivity index is 1.70. The summed E-state index contributed by atoms with van der Waals surface area (Å²) < 4.78 is 5.28. The second-order valence-corrected chi connectivity index (χ2v) is 5.92. The second kappa shape index (κ2) is 6.89. The molecular formula is C19H16ClNO3. The van der Waals surface area contributed by atoms with Crippen LogP contribution in [0, 0.1) is 0 Å². The Kier molecular flexibility index (Phi) is 4.67. The molecule has 4 nitrogen and oxygen atoms in total. The van der Waals surface area contributed by atoms with Crippen LogP contribution in [0.15, 0.2) is 54.7 Å². The summed E-state index contributed by atoms with van der Waals surface area (Å²) in [5.74, 6) is -0.719. The van der Waals surface area contributed by atoms with Crippen molar-refractivity contribution in [3.8, 4) is 0 Å². The number of H-pyrrole nitrogens is 1. The fourth-order valence-electron chi connectivity index (χ4n) is 2.58. The molecule has 0 saturated heterocycles. The number of ketones is 1. The molecule has 0 aliphatic rings.